The monoisotopic (exact) mass is 331 g/mol. The molecule has 0 aliphatic carbocycles. The van der Waals surface area contributed by atoms with Crippen LogP contribution in [0.15, 0.2) is 29.8 Å². The number of pyridine rings is 1. The fourth-order valence-electron chi connectivity index (χ4n) is 3.52. The van der Waals surface area contributed by atoms with E-state index in [1.54, 1.807) is 11.3 Å². The number of aryl methyl sites for hydroxylation is 1. The zero-order valence-electron chi connectivity index (χ0n) is 13.2. The fourth-order valence-corrected chi connectivity index (χ4v) is 4.11. The van der Waals surface area contributed by atoms with E-state index >= 15 is 0 Å². The molecule has 2 aliphatic rings. The summed E-state index contributed by atoms with van der Waals surface area (Å²) < 4.78 is 11.9. The van der Waals surface area contributed by atoms with E-state index < -0.39 is 0 Å². The van der Waals surface area contributed by atoms with Gasteiger partial charge in [-0.25, -0.2) is 4.98 Å². The Morgan fingerprint density at radius 1 is 1.35 bits per heavy atom. The van der Waals surface area contributed by atoms with Gasteiger partial charge < -0.3 is 9.47 Å². The number of hydrogen-bond acceptors (Lipinski definition) is 6. The molecule has 5 nitrogen and oxygen atoms in total. The molecule has 0 bridgehead atoms. The standard InChI is InChI=1S/C17H21N3O2S/c1-12-19-14(11-23-12)8-22-17-7-20(16-10-21-9-15(16)17)6-13-4-2-3-5-18-13/h2-5,11,15-17H,6-10H2,1H3/t15-,16+,17+/m0/s1. The molecule has 2 saturated heterocycles. The second kappa shape index (κ2) is 6.65. The van der Waals surface area contributed by atoms with Crippen molar-refractivity contribution < 1.29 is 9.47 Å². The minimum atomic E-state index is 0.216. The van der Waals surface area contributed by atoms with E-state index in [9.17, 15) is 0 Å². The summed E-state index contributed by atoms with van der Waals surface area (Å²) in [5, 5.41) is 3.17. The largest absolute Gasteiger partial charge is 0.379 e. The molecule has 122 valence electrons. The number of aromatic nitrogens is 2. The predicted octanol–water partition coefficient (Wildman–Crippen LogP) is 2.26. The Labute approximate surface area is 140 Å². The predicted molar refractivity (Wildman–Crippen MR) is 88.2 cm³/mol. The van der Waals surface area contributed by atoms with E-state index in [2.05, 4.69) is 26.3 Å². The Kier molecular flexibility index (Phi) is 4.39. The minimum Gasteiger partial charge on any atom is -0.379 e. The zero-order valence-corrected chi connectivity index (χ0v) is 14.0. The molecule has 0 aromatic carbocycles. The molecule has 2 aromatic heterocycles. The summed E-state index contributed by atoms with van der Waals surface area (Å²) in [6.07, 6.45) is 2.07. The summed E-state index contributed by atoms with van der Waals surface area (Å²) in [5.41, 5.74) is 2.14. The van der Waals surface area contributed by atoms with E-state index in [0.29, 0.717) is 18.6 Å². The Bertz CT molecular complexity index is 648. The first kappa shape index (κ1) is 15.2. The van der Waals surface area contributed by atoms with Gasteiger partial charge in [0.05, 0.1) is 42.3 Å². The molecule has 23 heavy (non-hydrogen) atoms. The molecule has 0 radical (unpaired) electrons. The molecular weight excluding hydrogens is 310 g/mol. The molecule has 2 aromatic rings. The molecule has 2 fully saturated rings. The summed E-state index contributed by atoms with van der Waals surface area (Å²) in [7, 11) is 0. The molecule has 3 atom stereocenters. The highest BCUT2D eigenvalue weighted by Gasteiger charge is 2.45. The Balaban J connectivity index is 1.40. The highest BCUT2D eigenvalue weighted by atomic mass is 32.1. The highest BCUT2D eigenvalue weighted by Crippen LogP contribution is 2.33. The van der Waals surface area contributed by atoms with Gasteiger partial charge in [-0.05, 0) is 19.1 Å². The SMILES string of the molecule is Cc1nc(CO[C@@H]2CN(Cc3ccccn3)[C@@H]3COC[C@@H]32)cs1. The van der Waals surface area contributed by atoms with Crippen LogP contribution < -0.4 is 0 Å². The van der Waals surface area contributed by atoms with Gasteiger partial charge in [0.15, 0.2) is 0 Å². The van der Waals surface area contributed by atoms with Gasteiger partial charge in [-0.1, -0.05) is 6.07 Å². The van der Waals surface area contributed by atoms with Gasteiger partial charge >= 0.3 is 0 Å². The van der Waals surface area contributed by atoms with Crippen molar-refractivity contribution in [2.75, 3.05) is 19.8 Å². The summed E-state index contributed by atoms with van der Waals surface area (Å²) >= 11 is 1.67. The van der Waals surface area contributed by atoms with Crippen LogP contribution in [0.1, 0.15) is 16.4 Å². The Morgan fingerprint density at radius 3 is 3.09 bits per heavy atom. The van der Waals surface area contributed by atoms with Crippen molar-refractivity contribution in [3.05, 3.63) is 46.2 Å². The summed E-state index contributed by atoms with van der Waals surface area (Å²) in [5.74, 6) is 0.457. The van der Waals surface area contributed by atoms with Crippen molar-refractivity contribution in [1.29, 1.82) is 0 Å². The summed E-state index contributed by atoms with van der Waals surface area (Å²) in [6, 6.07) is 6.52. The molecule has 0 N–H and O–H groups in total. The summed E-state index contributed by atoms with van der Waals surface area (Å²) in [6.45, 7) is 6.02. The van der Waals surface area contributed by atoms with Crippen molar-refractivity contribution in [1.82, 2.24) is 14.9 Å². The van der Waals surface area contributed by atoms with E-state index in [0.717, 1.165) is 42.7 Å². The second-order valence-electron chi connectivity index (χ2n) is 6.23. The molecule has 2 aliphatic heterocycles. The lowest BCUT2D eigenvalue weighted by atomic mass is 10.0. The molecule has 0 spiro atoms. The average molecular weight is 331 g/mol. The molecule has 0 amide bonds. The Morgan fingerprint density at radius 2 is 2.30 bits per heavy atom. The third kappa shape index (κ3) is 3.30. The molecule has 0 saturated carbocycles. The minimum absolute atomic E-state index is 0.216. The van der Waals surface area contributed by atoms with Crippen LogP contribution in [0.4, 0.5) is 0 Å². The third-order valence-electron chi connectivity index (χ3n) is 4.66. The third-order valence-corrected chi connectivity index (χ3v) is 5.48. The van der Waals surface area contributed by atoms with Crippen LogP contribution in [-0.4, -0.2) is 46.8 Å². The average Bonchev–Trinajstić information content (AvgIpc) is 3.25. The second-order valence-corrected chi connectivity index (χ2v) is 7.29. The van der Waals surface area contributed by atoms with Crippen LogP contribution in [0, 0.1) is 12.8 Å². The quantitative estimate of drug-likeness (QED) is 0.841. The van der Waals surface area contributed by atoms with E-state index in [4.69, 9.17) is 9.47 Å². The van der Waals surface area contributed by atoms with E-state index in [-0.39, 0.29) is 6.10 Å². The fraction of sp³-hybridized carbons (Fsp3) is 0.529. The van der Waals surface area contributed by atoms with Gasteiger partial charge in [-0.3, -0.25) is 9.88 Å². The van der Waals surface area contributed by atoms with Gasteiger partial charge in [0.2, 0.25) is 0 Å². The molecule has 4 heterocycles. The molecule has 4 rings (SSSR count). The number of hydrogen-bond donors (Lipinski definition) is 0. The normalized spacial score (nSPS) is 27.4. The maximum Gasteiger partial charge on any atom is 0.0901 e. The van der Waals surface area contributed by atoms with E-state index in [1.165, 1.54) is 0 Å². The molecule has 0 unspecified atom stereocenters. The van der Waals surface area contributed by atoms with Crippen molar-refractivity contribution in [2.45, 2.75) is 32.2 Å². The number of thiazole rings is 1. The summed E-state index contributed by atoms with van der Waals surface area (Å²) in [4.78, 5) is 11.4. The van der Waals surface area contributed by atoms with Gasteiger partial charge in [-0.2, -0.15) is 0 Å². The van der Waals surface area contributed by atoms with Gasteiger partial charge in [-0.15, -0.1) is 11.3 Å². The molecule has 6 heteroatoms. The van der Waals surface area contributed by atoms with Crippen LogP contribution in [0.5, 0.6) is 0 Å². The van der Waals surface area contributed by atoms with Crippen molar-refractivity contribution in [3.8, 4) is 0 Å². The number of nitrogens with zero attached hydrogens (tertiary/aromatic N) is 3. The Hall–Kier alpha value is -1.34. The number of likely N-dealkylation sites (tertiary alicyclic amines) is 1. The highest BCUT2D eigenvalue weighted by molar-refractivity contribution is 7.09. The van der Waals surface area contributed by atoms with Gasteiger partial charge in [0.25, 0.3) is 0 Å². The molecular formula is C17H21N3O2S. The van der Waals surface area contributed by atoms with Crippen LogP contribution in [0.3, 0.4) is 0 Å². The lowest BCUT2D eigenvalue weighted by molar-refractivity contribution is 0.00750. The van der Waals surface area contributed by atoms with Gasteiger partial charge in [0, 0.05) is 36.6 Å². The maximum absolute atomic E-state index is 6.19. The van der Waals surface area contributed by atoms with Crippen LogP contribution in [0.2, 0.25) is 0 Å². The van der Waals surface area contributed by atoms with E-state index in [1.807, 2.05) is 25.3 Å². The lowest BCUT2D eigenvalue weighted by Crippen LogP contribution is -2.32. The first-order valence-corrected chi connectivity index (χ1v) is 8.92. The topological polar surface area (TPSA) is 47.5 Å². The van der Waals surface area contributed by atoms with Gasteiger partial charge in [0.1, 0.15) is 0 Å². The van der Waals surface area contributed by atoms with Crippen molar-refractivity contribution in [2.24, 2.45) is 5.92 Å². The zero-order chi connectivity index (χ0) is 15.6. The van der Waals surface area contributed by atoms with Crippen LogP contribution in [0.25, 0.3) is 0 Å². The van der Waals surface area contributed by atoms with Crippen LogP contribution in [-0.2, 0) is 22.6 Å². The first-order chi connectivity index (χ1) is 11.3. The van der Waals surface area contributed by atoms with Crippen molar-refractivity contribution >= 4 is 11.3 Å². The number of fused-ring (bicyclic) bond motifs is 1. The lowest BCUT2D eigenvalue weighted by Gasteiger charge is -2.21. The first-order valence-electron chi connectivity index (χ1n) is 8.04. The number of rotatable bonds is 5. The smallest absolute Gasteiger partial charge is 0.0901 e. The van der Waals surface area contributed by atoms with Crippen molar-refractivity contribution in [3.63, 3.8) is 0 Å². The van der Waals surface area contributed by atoms with Crippen LogP contribution >= 0.6 is 11.3 Å². The maximum atomic E-state index is 6.19. The number of ether oxygens (including phenoxy) is 2.